The van der Waals surface area contributed by atoms with Crippen molar-refractivity contribution in [2.24, 2.45) is 0 Å². The van der Waals surface area contributed by atoms with Gasteiger partial charge in [-0.2, -0.15) is 17.7 Å². The van der Waals surface area contributed by atoms with Crippen molar-refractivity contribution >= 4 is 11.4 Å². The third-order valence-electron chi connectivity index (χ3n) is 3.87. The zero-order valence-electron chi connectivity index (χ0n) is 14.1. The fourth-order valence-electron chi connectivity index (χ4n) is 2.60. The number of halogens is 3. The maximum atomic E-state index is 13.0. The first-order valence-electron chi connectivity index (χ1n) is 8.10. The number of carbonyl (C=O) groups excluding carboxylic acids is 1. The van der Waals surface area contributed by atoms with E-state index in [0.717, 1.165) is 0 Å². The Morgan fingerprint density at radius 1 is 0.893 bits per heavy atom. The van der Waals surface area contributed by atoms with Crippen molar-refractivity contribution in [3.63, 3.8) is 0 Å². The van der Waals surface area contributed by atoms with Crippen LogP contribution in [-0.4, -0.2) is 25.6 Å². The van der Waals surface area contributed by atoms with Crippen LogP contribution in [0.2, 0.25) is 0 Å². The van der Waals surface area contributed by atoms with Gasteiger partial charge >= 0.3 is 6.18 Å². The van der Waals surface area contributed by atoms with E-state index in [1.54, 1.807) is 54.6 Å². The van der Waals surface area contributed by atoms with E-state index in [-0.39, 0.29) is 28.6 Å². The second-order valence-electron chi connectivity index (χ2n) is 5.76. The van der Waals surface area contributed by atoms with Gasteiger partial charge in [-0.25, -0.2) is 0 Å². The van der Waals surface area contributed by atoms with Gasteiger partial charge in [-0.05, 0) is 18.2 Å². The lowest BCUT2D eigenvalue weighted by atomic mass is 10.0. The van der Waals surface area contributed by atoms with Crippen LogP contribution in [0, 0.1) is 0 Å². The maximum Gasteiger partial charge on any atom is 0.453 e. The maximum absolute atomic E-state index is 13.0. The molecule has 2 heterocycles. The Hall–Kier alpha value is -3.75. The molecule has 0 fully saturated rings. The van der Waals surface area contributed by atoms with Crippen molar-refractivity contribution in [1.82, 2.24) is 19.8 Å². The number of hydrogen-bond acceptors (Lipinski definition) is 5. The van der Waals surface area contributed by atoms with E-state index < -0.39 is 12.0 Å². The molecule has 2 aromatic heterocycles. The summed E-state index contributed by atoms with van der Waals surface area (Å²) in [5.74, 6) is -1.50. The number of para-hydroxylation sites is 1. The van der Waals surface area contributed by atoms with Crippen LogP contribution in [0.5, 0.6) is 11.6 Å². The van der Waals surface area contributed by atoms with Crippen molar-refractivity contribution in [1.29, 1.82) is 0 Å². The smallest absolute Gasteiger partial charge is 0.437 e. The molecule has 6 nitrogen and oxygen atoms in total. The minimum Gasteiger partial charge on any atom is -0.437 e. The first-order chi connectivity index (χ1) is 13.4. The van der Waals surface area contributed by atoms with Crippen LogP contribution >= 0.6 is 0 Å². The molecule has 0 aliphatic rings. The molecule has 0 saturated heterocycles. The van der Waals surface area contributed by atoms with Crippen molar-refractivity contribution < 1.29 is 22.7 Å². The molecule has 0 aliphatic carbocycles. The summed E-state index contributed by atoms with van der Waals surface area (Å²) in [7, 11) is 0. The highest BCUT2D eigenvalue weighted by molar-refractivity contribution is 6.10. The number of hydrogen-bond donors (Lipinski definition) is 0. The summed E-state index contributed by atoms with van der Waals surface area (Å²) in [5.41, 5.74) is 0.642. The Morgan fingerprint density at radius 3 is 2.36 bits per heavy atom. The van der Waals surface area contributed by atoms with E-state index in [0.29, 0.717) is 10.1 Å². The molecule has 0 spiro atoms. The molecule has 2 aromatic carbocycles. The molecule has 0 saturated carbocycles. The lowest BCUT2D eigenvalue weighted by Gasteiger charge is -2.10. The third-order valence-corrected chi connectivity index (χ3v) is 3.87. The van der Waals surface area contributed by atoms with Crippen molar-refractivity contribution in [3.8, 4) is 11.6 Å². The summed E-state index contributed by atoms with van der Waals surface area (Å²) in [6.07, 6.45) is -4.72. The van der Waals surface area contributed by atoms with Gasteiger partial charge in [0.2, 0.25) is 5.88 Å². The van der Waals surface area contributed by atoms with Gasteiger partial charge in [0.15, 0.2) is 11.4 Å². The van der Waals surface area contributed by atoms with Crippen molar-refractivity contribution in [2.45, 2.75) is 6.18 Å². The normalized spacial score (nSPS) is 11.5. The summed E-state index contributed by atoms with van der Waals surface area (Å²) >= 11 is 0. The zero-order chi connectivity index (χ0) is 19.7. The minimum absolute atomic E-state index is 0.0756. The Morgan fingerprint density at radius 2 is 1.61 bits per heavy atom. The van der Waals surface area contributed by atoms with Crippen LogP contribution < -0.4 is 4.74 Å². The second kappa shape index (κ2) is 6.76. The van der Waals surface area contributed by atoms with Crippen molar-refractivity contribution in [3.05, 3.63) is 83.7 Å². The number of rotatable bonds is 4. The largest absolute Gasteiger partial charge is 0.453 e. The summed E-state index contributed by atoms with van der Waals surface area (Å²) < 4.78 is 45.2. The van der Waals surface area contributed by atoms with Gasteiger partial charge in [-0.15, -0.1) is 15.3 Å². The third kappa shape index (κ3) is 3.29. The SMILES string of the molecule is O=C(c1ccccc1)c1ccccc1Oc1ccc2nnc(C(F)(F)F)n2n1. The molecule has 0 unspecified atom stereocenters. The predicted octanol–water partition coefficient (Wildman–Crippen LogP) is 4.17. The number of ketones is 1. The van der Waals surface area contributed by atoms with Gasteiger partial charge in [0, 0.05) is 11.6 Å². The van der Waals surface area contributed by atoms with Gasteiger partial charge in [0.25, 0.3) is 5.82 Å². The summed E-state index contributed by atoms with van der Waals surface area (Å²) in [4.78, 5) is 12.7. The van der Waals surface area contributed by atoms with E-state index in [4.69, 9.17) is 4.74 Å². The monoisotopic (exact) mass is 384 g/mol. The molecule has 0 radical (unpaired) electrons. The van der Waals surface area contributed by atoms with E-state index in [1.807, 2.05) is 0 Å². The van der Waals surface area contributed by atoms with Gasteiger partial charge in [0.1, 0.15) is 5.75 Å². The first kappa shape index (κ1) is 17.7. The van der Waals surface area contributed by atoms with Crippen LogP contribution in [0.15, 0.2) is 66.7 Å². The summed E-state index contributed by atoms with van der Waals surface area (Å²) in [6.45, 7) is 0. The van der Waals surface area contributed by atoms with E-state index >= 15 is 0 Å². The first-order valence-corrected chi connectivity index (χ1v) is 8.10. The van der Waals surface area contributed by atoms with E-state index in [1.165, 1.54) is 12.1 Å². The Bertz CT molecular complexity index is 1160. The molecule has 0 atom stereocenters. The molecule has 4 aromatic rings. The zero-order valence-corrected chi connectivity index (χ0v) is 14.1. The highest BCUT2D eigenvalue weighted by Crippen LogP contribution is 2.29. The van der Waals surface area contributed by atoms with Crippen LogP contribution in [-0.2, 0) is 6.18 Å². The fourth-order valence-corrected chi connectivity index (χ4v) is 2.60. The molecule has 0 aliphatic heterocycles. The number of alkyl halides is 3. The molecule has 9 heteroatoms. The topological polar surface area (TPSA) is 69.4 Å². The minimum atomic E-state index is -4.72. The summed E-state index contributed by atoms with van der Waals surface area (Å²) in [6, 6.07) is 17.7. The molecule has 28 heavy (non-hydrogen) atoms. The van der Waals surface area contributed by atoms with Crippen molar-refractivity contribution in [2.75, 3.05) is 0 Å². The van der Waals surface area contributed by atoms with Crippen LogP contribution in [0.25, 0.3) is 5.65 Å². The summed E-state index contributed by atoms with van der Waals surface area (Å²) in [5, 5.41) is 10.4. The number of carbonyl (C=O) groups is 1. The molecule has 0 amide bonds. The van der Waals surface area contributed by atoms with E-state index in [2.05, 4.69) is 15.3 Å². The lowest BCUT2D eigenvalue weighted by molar-refractivity contribution is -0.146. The molecule has 0 bridgehead atoms. The molecule has 140 valence electrons. The number of nitrogens with zero attached hydrogens (tertiary/aromatic N) is 4. The van der Waals surface area contributed by atoms with Gasteiger partial charge in [-0.1, -0.05) is 42.5 Å². The fraction of sp³-hybridized carbons (Fsp3) is 0.0526. The Kier molecular flexibility index (Phi) is 4.26. The number of fused-ring (bicyclic) bond motifs is 1. The van der Waals surface area contributed by atoms with Crippen LogP contribution in [0.4, 0.5) is 13.2 Å². The Balaban J connectivity index is 1.71. The average molecular weight is 384 g/mol. The number of ether oxygens (including phenoxy) is 1. The Labute approximate surface area is 156 Å². The number of aromatic nitrogens is 4. The quantitative estimate of drug-likeness (QED) is 0.494. The molecular formula is C19H11F3N4O2. The van der Waals surface area contributed by atoms with Crippen LogP contribution in [0.1, 0.15) is 21.7 Å². The van der Waals surface area contributed by atoms with Crippen LogP contribution in [0.3, 0.4) is 0 Å². The average Bonchev–Trinajstić information content (AvgIpc) is 3.12. The highest BCUT2D eigenvalue weighted by Gasteiger charge is 2.37. The second-order valence-corrected chi connectivity index (χ2v) is 5.76. The van der Waals surface area contributed by atoms with E-state index in [9.17, 15) is 18.0 Å². The highest BCUT2D eigenvalue weighted by atomic mass is 19.4. The van der Waals surface area contributed by atoms with Gasteiger partial charge < -0.3 is 4.74 Å². The lowest BCUT2D eigenvalue weighted by Crippen LogP contribution is -2.12. The molecule has 0 N–H and O–H groups in total. The predicted molar refractivity (Wildman–Crippen MR) is 92.2 cm³/mol. The van der Waals surface area contributed by atoms with Gasteiger partial charge in [-0.3, -0.25) is 4.79 Å². The molecule has 4 rings (SSSR count). The van der Waals surface area contributed by atoms with Gasteiger partial charge in [0.05, 0.1) is 5.56 Å². The molecular weight excluding hydrogens is 373 g/mol. The standard InChI is InChI=1S/C19H11F3N4O2/c20-19(21,22)18-24-23-15-10-11-16(25-26(15)18)28-14-9-5-4-8-13(14)17(27)12-6-2-1-3-7-12/h1-11H. The number of benzene rings is 2.